The monoisotopic (exact) mass is 298 g/mol. The molecule has 4 nitrogen and oxygen atoms in total. The molecule has 1 fully saturated rings. The third-order valence-electron chi connectivity index (χ3n) is 4.79. The molecule has 2 aromatic rings. The standard InChI is InChI=1S/C18H22N2O2/c1-3-18(10-7-11-18)22-17(21)16-12-19-13-20(16)14(2)15-8-5-4-6-9-15/h4-6,8-9,12-14H,3,7,10-11H2,1-2H3/t14-/m1/s1. The van der Waals surface area contributed by atoms with E-state index < -0.39 is 0 Å². The molecule has 0 radical (unpaired) electrons. The first kappa shape index (κ1) is 14.8. The van der Waals surface area contributed by atoms with Gasteiger partial charge in [0.1, 0.15) is 11.3 Å². The Bertz CT molecular complexity index is 639. The van der Waals surface area contributed by atoms with Crippen molar-refractivity contribution in [2.24, 2.45) is 0 Å². The highest BCUT2D eigenvalue weighted by atomic mass is 16.6. The predicted molar refractivity (Wildman–Crippen MR) is 84.8 cm³/mol. The molecule has 1 aromatic heterocycles. The van der Waals surface area contributed by atoms with Crippen LogP contribution in [0.3, 0.4) is 0 Å². The fourth-order valence-electron chi connectivity index (χ4n) is 3.01. The van der Waals surface area contributed by atoms with E-state index in [4.69, 9.17) is 4.74 Å². The van der Waals surface area contributed by atoms with Gasteiger partial charge in [-0.05, 0) is 38.2 Å². The topological polar surface area (TPSA) is 44.1 Å². The highest BCUT2D eigenvalue weighted by Crippen LogP contribution is 2.39. The molecule has 0 unspecified atom stereocenters. The zero-order valence-electron chi connectivity index (χ0n) is 13.2. The Balaban J connectivity index is 1.81. The minimum Gasteiger partial charge on any atom is -0.454 e. The number of hydrogen-bond donors (Lipinski definition) is 0. The Hall–Kier alpha value is -2.10. The van der Waals surface area contributed by atoms with Crippen LogP contribution in [0.1, 0.15) is 61.6 Å². The lowest BCUT2D eigenvalue weighted by molar-refractivity contribution is -0.0650. The number of esters is 1. The van der Waals surface area contributed by atoms with Gasteiger partial charge in [0.05, 0.1) is 18.6 Å². The molecule has 1 heterocycles. The van der Waals surface area contributed by atoms with Gasteiger partial charge >= 0.3 is 5.97 Å². The van der Waals surface area contributed by atoms with Gasteiger partial charge in [0.25, 0.3) is 0 Å². The number of hydrogen-bond acceptors (Lipinski definition) is 3. The average Bonchev–Trinajstić information content (AvgIpc) is 3.00. The Morgan fingerprint density at radius 3 is 2.68 bits per heavy atom. The number of ether oxygens (including phenoxy) is 1. The van der Waals surface area contributed by atoms with Gasteiger partial charge in [0.2, 0.25) is 0 Å². The fourth-order valence-corrected chi connectivity index (χ4v) is 3.01. The van der Waals surface area contributed by atoms with Crippen molar-refractivity contribution in [3.63, 3.8) is 0 Å². The first-order chi connectivity index (χ1) is 10.7. The molecule has 0 amide bonds. The first-order valence-corrected chi connectivity index (χ1v) is 7.95. The molecule has 3 rings (SSSR count). The maximum Gasteiger partial charge on any atom is 0.357 e. The molecule has 22 heavy (non-hydrogen) atoms. The van der Waals surface area contributed by atoms with Crippen LogP contribution in [-0.4, -0.2) is 21.1 Å². The Kier molecular flexibility index (Phi) is 4.01. The molecule has 0 aliphatic heterocycles. The molecule has 1 aliphatic carbocycles. The molecule has 1 aromatic carbocycles. The number of nitrogens with zero attached hydrogens (tertiary/aromatic N) is 2. The van der Waals surface area contributed by atoms with E-state index in [1.807, 2.05) is 22.8 Å². The van der Waals surface area contributed by atoms with E-state index in [0.717, 1.165) is 31.2 Å². The second-order valence-corrected chi connectivity index (χ2v) is 6.05. The second kappa shape index (κ2) is 5.95. The van der Waals surface area contributed by atoms with Crippen molar-refractivity contribution in [1.82, 2.24) is 9.55 Å². The van der Waals surface area contributed by atoms with Gasteiger partial charge in [-0.3, -0.25) is 0 Å². The zero-order valence-corrected chi connectivity index (χ0v) is 13.2. The van der Waals surface area contributed by atoms with Crippen LogP contribution < -0.4 is 0 Å². The summed E-state index contributed by atoms with van der Waals surface area (Å²) in [5, 5.41) is 0. The van der Waals surface area contributed by atoms with E-state index in [-0.39, 0.29) is 17.6 Å². The normalized spacial score (nSPS) is 17.5. The Morgan fingerprint density at radius 1 is 1.36 bits per heavy atom. The van der Waals surface area contributed by atoms with Gasteiger partial charge in [-0.15, -0.1) is 0 Å². The van der Waals surface area contributed by atoms with Crippen molar-refractivity contribution in [2.45, 2.75) is 51.2 Å². The van der Waals surface area contributed by atoms with E-state index in [2.05, 4.69) is 31.0 Å². The van der Waals surface area contributed by atoms with Crippen molar-refractivity contribution in [1.29, 1.82) is 0 Å². The molecule has 1 saturated carbocycles. The summed E-state index contributed by atoms with van der Waals surface area (Å²) in [6, 6.07) is 10.1. The molecule has 4 heteroatoms. The van der Waals surface area contributed by atoms with Crippen molar-refractivity contribution < 1.29 is 9.53 Å². The lowest BCUT2D eigenvalue weighted by Gasteiger charge is -2.40. The van der Waals surface area contributed by atoms with E-state index in [1.165, 1.54) is 0 Å². The van der Waals surface area contributed by atoms with E-state index in [0.29, 0.717) is 5.69 Å². The van der Waals surface area contributed by atoms with Gasteiger partial charge in [-0.25, -0.2) is 9.78 Å². The van der Waals surface area contributed by atoms with Crippen LogP contribution in [0, 0.1) is 0 Å². The van der Waals surface area contributed by atoms with Crippen LogP contribution in [0.2, 0.25) is 0 Å². The quantitative estimate of drug-likeness (QED) is 0.784. The highest BCUT2D eigenvalue weighted by molar-refractivity contribution is 5.87. The number of carbonyl (C=O) groups excluding carboxylic acids is 1. The van der Waals surface area contributed by atoms with Crippen LogP contribution in [-0.2, 0) is 4.74 Å². The Morgan fingerprint density at radius 2 is 2.09 bits per heavy atom. The summed E-state index contributed by atoms with van der Waals surface area (Å²) in [5.41, 5.74) is 1.42. The van der Waals surface area contributed by atoms with Crippen LogP contribution in [0.5, 0.6) is 0 Å². The van der Waals surface area contributed by atoms with Crippen molar-refractivity contribution in [3.8, 4) is 0 Å². The number of rotatable bonds is 5. The van der Waals surface area contributed by atoms with Crippen LogP contribution >= 0.6 is 0 Å². The lowest BCUT2D eigenvalue weighted by Crippen LogP contribution is -2.41. The SMILES string of the molecule is CCC1(OC(=O)c2cncn2[C@H](C)c2ccccc2)CCC1. The molecule has 116 valence electrons. The van der Waals surface area contributed by atoms with Crippen LogP contribution in [0.25, 0.3) is 0 Å². The van der Waals surface area contributed by atoms with Crippen molar-refractivity contribution in [3.05, 3.63) is 54.1 Å². The third kappa shape index (κ3) is 2.65. The van der Waals surface area contributed by atoms with Gasteiger partial charge in [0, 0.05) is 0 Å². The molecule has 0 spiro atoms. The molecule has 1 aliphatic rings. The smallest absolute Gasteiger partial charge is 0.357 e. The van der Waals surface area contributed by atoms with Gasteiger partial charge in [0.15, 0.2) is 0 Å². The number of carbonyl (C=O) groups is 1. The fraction of sp³-hybridized carbons (Fsp3) is 0.444. The zero-order chi connectivity index (χ0) is 15.6. The minimum atomic E-state index is -0.262. The van der Waals surface area contributed by atoms with Gasteiger partial charge in [-0.1, -0.05) is 37.3 Å². The summed E-state index contributed by atoms with van der Waals surface area (Å²) in [4.78, 5) is 16.7. The average molecular weight is 298 g/mol. The maximum absolute atomic E-state index is 12.5. The van der Waals surface area contributed by atoms with Crippen LogP contribution in [0.15, 0.2) is 42.9 Å². The summed E-state index contributed by atoms with van der Waals surface area (Å²) in [6.45, 7) is 4.14. The second-order valence-electron chi connectivity index (χ2n) is 6.05. The van der Waals surface area contributed by atoms with Gasteiger partial charge in [-0.2, -0.15) is 0 Å². The van der Waals surface area contributed by atoms with E-state index >= 15 is 0 Å². The summed E-state index contributed by atoms with van der Waals surface area (Å²) in [6.07, 6.45) is 7.26. The predicted octanol–water partition coefficient (Wildman–Crippen LogP) is 3.98. The summed E-state index contributed by atoms with van der Waals surface area (Å²) in [7, 11) is 0. The van der Waals surface area contributed by atoms with E-state index in [1.54, 1.807) is 12.5 Å². The molecule has 0 saturated heterocycles. The number of benzene rings is 1. The first-order valence-electron chi connectivity index (χ1n) is 7.95. The summed E-state index contributed by atoms with van der Waals surface area (Å²) in [5.74, 6) is -0.262. The number of imidazole rings is 1. The lowest BCUT2D eigenvalue weighted by atomic mass is 9.78. The molecule has 0 bridgehead atoms. The molecule has 1 atom stereocenters. The maximum atomic E-state index is 12.5. The van der Waals surface area contributed by atoms with Crippen molar-refractivity contribution in [2.75, 3.05) is 0 Å². The molecule has 0 N–H and O–H groups in total. The number of aromatic nitrogens is 2. The van der Waals surface area contributed by atoms with Crippen molar-refractivity contribution >= 4 is 5.97 Å². The summed E-state index contributed by atoms with van der Waals surface area (Å²) < 4.78 is 7.68. The molecular weight excluding hydrogens is 276 g/mol. The minimum absolute atomic E-state index is 0.0465. The highest BCUT2D eigenvalue weighted by Gasteiger charge is 2.39. The third-order valence-corrected chi connectivity index (χ3v) is 4.79. The van der Waals surface area contributed by atoms with Crippen LogP contribution in [0.4, 0.5) is 0 Å². The van der Waals surface area contributed by atoms with E-state index in [9.17, 15) is 4.79 Å². The largest absolute Gasteiger partial charge is 0.454 e. The Labute approximate surface area is 131 Å². The van der Waals surface area contributed by atoms with Gasteiger partial charge < -0.3 is 9.30 Å². The summed E-state index contributed by atoms with van der Waals surface area (Å²) >= 11 is 0. The molecular formula is C18H22N2O2.